The quantitative estimate of drug-likeness (QED) is 0.0367. The molecule has 25 heteroatoms. The molecule has 586 valence electrons. The summed E-state index contributed by atoms with van der Waals surface area (Å²) < 4.78 is 37.4. The van der Waals surface area contributed by atoms with Crippen LogP contribution in [0.4, 0.5) is 16.2 Å². The van der Waals surface area contributed by atoms with E-state index < -0.39 is 48.1 Å². The highest BCUT2D eigenvalue weighted by molar-refractivity contribution is 6.07. The van der Waals surface area contributed by atoms with Crippen molar-refractivity contribution in [2.24, 2.45) is 23.2 Å². The molecular formula is C87H97N9O16. The van der Waals surface area contributed by atoms with Crippen molar-refractivity contribution in [3.05, 3.63) is 166 Å². The molecule has 1 saturated heterocycles. The van der Waals surface area contributed by atoms with Crippen LogP contribution in [-0.2, 0) is 59.5 Å². The first-order chi connectivity index (χ1) is 54.1. The van der Waals surface area contributed by atoms with Gasteiger partial charge in [0, 0.05) is 97.9 Å². The number of carbonyl (C=O) groups is 9. The number of ether oxygens (including phenoxy) is 6. The molecule has 2 saturated carbocycles. The van der Waals surface area contributed by atoms with Gasteiger partial charge < -0.3 is 58.9 Å². The molecule has 7 aliphatic rings. The van der Waals surface area contributed by atoms with Crippen LogP contribution >= 0.6 is 0 Å². The SMILES string of the molecule is COc1ccc(C2=CN3C(=O)c4cc(OC)c(OCCCOc5cc6c(cc5OC)C(=O)N5CC7(CC7)C[C@H]5C(O)N6C(=O)OCc5ccc(CC(=O)[C@H](CC(C)C)NC(=O)[C@@H]6CCCC6C(=O)CNC(=O)CCC(=O)CCC(=O)N6Cc7ccccc7-c7nnn(C(C)C)c7-c7ccccc76)cc5)cc4CC[C@@H]3C2)cc1. The van der Waals surface area contributed by atoms with Crippen LogP contribution < -0.4 is 44.1 Å². The van der Waals surface area contributed by atoms with Crippen LogP contribution in [-0.4, -0.2) is 155 Å². The lowest BCUT2D eigenvalue weighted by atomic mass is 9.89. The molecule has 6 heterocycles. The third kappa shape index (κ3) is 16.4. The van der Waals surface area contributed by atoms with Crippen molar-refractivity contribution < 1.29 is 76.7 Å². The summed E-state index contributed by atoms with van der Waals surface area (Å²) in [6.07, 6.45) is 5.66. The topological polar surface area (TPSA) is 297 Å². The molecule has 5 aliphatic heterocycles. The predicted molar refractivity (Wildman–Crippen MR) is 417 cm³/mol. The third-order valence-corrected chi connectivity index (χ3v) is 23.0. The van der Waals surface area contributed by atoms with E-state index >= 15 is 0 Å². The minimum Gasteiger partial charge on any atom is -0.497 e. The van der Waals surface area contributed by atoms with Crippen LogP contribution in [0.2, 0.25) is 0 Å². The van der Waals surface area contributed by atoms with Crippen molar-refractivity contribution in [2.75, 3.05) is 57.4 Å². The number of para-hydroxylation sites is 1. The zero-order valence-electron chi connectivity index (χ0n) is 64.5. The molecule has 3 fully saturated rings. The lowest BCUT2D eigenvalue weighted by Crippen LogP contribution is -2.50. The number of benzene rings is 6. The van der Waals surface area contributed by atoms with Crippen LogP contribution in [0.25, 0.3) is 28.1 Å². The van der Waals surface area contributed by atoms with Gasteiger partial charge in [0.1, 0.15) is 23.8 Å². The number of carbonyl (C=O) groups excluding carboxylic acids is 9. The van der Waals surface area contributed by atoms with Crippen LogP contribution in [0.3, 0.4) is 0 Å². The highest BCUT2D eigenvalue weighted by Gasteiger charge is 2.58. The molecule has 1 aromatic heterocycles. The van der Waals surface area contributed by atoms with E-state index in [0.29, 0.717) is 85.4 Å². The molecule has 2 aliphatic carbocycles. The fraction of sp³-hybridized carbons (Fsp3) is 0.437. The van der Waals surface area contributed by atoms with E-state index in [-0.39, 0.29) is 146 Å². The highest BCUT2D eigenvalue weighted by Crippen LogP contribution is 2.57. The van der Waals surface area contributed by atoms with Crippen molar-refractivity contribution in [3.8, 4) is 51.3 Å². The van der Waals surface area contributed by atoms with E-state index in [0.717, 1.165) is 81.1 Å². The van der Waals surface area contributed by atoms with Crippen molar-refractivity contribution in [2.45, 2.75) is 174 Å². The molecule has 2 unspecified atom stereocenters. The number of fused-ring (bicyclic) bond motifs is 9. The van der Waals surface area contributed by atoms with Crippen LogP contribution in [0.1, 0.15) is 172 Å². The first-order valence-corrected chi connectivity index (χ1v) is 39.1. The normalized spacial score (nSPS) is 19.3. The van der Waals surface area contributed by atoms with Gasteiger partial charge in [-0.1, -0.05) is 104 Å². The van der Waals surface area contributed by atoms with Gasteiger partial charge >= 0.3 is 6.09 Å². The summed E-state index contributed by atoms with van der Waals surface area (Å²) in [5.74, 6) is -1.74. The van der Waals surface area contributed by atoms with E-state index in [1.807, 2.05) is 122 Å². The van der Waals surface area contributed by atoms with Gasteiger partial charge in [-0.15, -0.1) is 5.10 Å². The third-order valence-electron chi connectivity index (χ3n) is 23.0. The summed E-state index contributed by atoms with van der Waals surface area (Å²) >= 11 is 0. The number of nitrogens with one attached hydrogen (secondary N) is 2. The molecular weight excluding hydrogens is 1430 g/mol. The highest BCUT2D eigenvalue weighted by atomic mass is 16.6. The second kappa shape index (κ2) is 33.4. The maximum Gasteiger partial charge on any atom is 0.416 e. The van der Waals surface area contributed by atoms with E-state index in [4.69, 9.17) is 28.4 Å². The van der Waals surface area contributed by atoms with Gasteiger partial charge in [0.15, 0.2) is 40.8 Å². The molecule has 3 N–H and O–H groups in total. The van der Waals surface area contributed by atoms with Crippen LogP contribution in [0.15, 0.2) is 128 Å². The van der Waals surface area contributed by atoms with E-state index in [1.54, 1.807) is 47.2 Å². The Labute approximate surface area is 651 Å². The number of aliphatic hydroxyl groups is 1. The van der Waals surface area contributed by atoms with Crippen molar-refractivity contribution >= 4 is 69.9 Å². The van der Waals surface area contributed by atoms with Gasteiger partial charge in [-0.2, -0.15) is 0 Å². The number of ketones is 3. The number of nitrogens with zero attached hydrogens (tertiary/aromatic N) is 7. The standard InChI is InChI=1S/C87H97N9O16/c1-51(2)38-68(89-82(102)64-18-12-17-63(64)73(99)46-88-78(100)32-28-60(97)29-33-79(101)93-47-57-14-8-9-15-62(57)80-81(96(52(3)4)91-90-80)65-16-10-11-19-69(65)93)72(98)39-53-20-22-54(23-21-53)49-112-86(106)95-70-44-77(75(109-7)43-67(70)84(104)94-50-87(34-35-87)45-71(94)85(95)105)111-37-13-36-110-76-41-56-24-27-59-40-58(55-25-30-61(107-5)31-26-55)48-92(59)83(103)66(56)42-74(76)108-6/h8-11,14-16,19-23,25-26,30-31,41-44,48,51-52,59,63-64,68,71,85,105H,12-13,17-18,24,27-29,32-40,45-47,49-50H2,1-7H3,(H,88,100)(H,89,102)/t59-,63?,64-,68+,71+,85?/m1/s1. The van der Waals surface area contributed by atoms with E-state index in [9.17, 15) is 48.3 Å². The number of hydrogen-bond acceptors (Lipinski definition) is 18. The molecule has 6 atom stereocenters. The van der Waals surface area contributed by atoms with Crippen molar-refractivity contribution in [1.82, 2.24) is 35.4 Å². The Balaban J connectivity index is 0.556. The largest absolute Gasteiger partial charge is 0.497 e. The molecule has 14 rings (SSSR count). The average molecular weight is 1520 g/mol. The summed E-state index contributed by atoms with van der Waals surface area (Å²) in [7, 11) is 4.62. The Kier molecular flexibility index (Phi) is 23.1. The number of Topliss-reactive ketones (excluding diaryl/α,β-unsaturated/α-hetero) is 3. The first-order valence-electron chi connectivity index (χ1n) is 39.1. The molecule has 6 aromatic carbocycles. The maximum atomic E-state index is 14.6. The molecule has 7 aromatic rings. The fourth-order valence-corrected chi connectivity index (χ4v) is 16.8. The zero-order valence-corrected chi connectivity index (χ0v) is 64.5. The monoisotopic (exact) mass is 1520 g/mol. The summed E-state index contributed by atoms with van der Waals surface area (Å²) in [5, 5.41) is 27.0. The van der Waals surface area contributed by atoms with Crippen LogP contribution in [0, 0.1) is 23.2 Å². The number of anilines is 2. The lowest BCUT2D eigenvalue weighted by Gasteiger charge is -2.31. The second-order valence-electron chi connectivity index (χ2n) is 31.3. The number of aliphatic hydroxyl groups excluding tert-OH is 1. The molecule has 25 nitrogen and oxygen atoms in total. The second-order valence-corrected chi connectivity index (χ2v) is 31.3. The molecule has 6 amide bonds. The van der Waals surface area contributed by atoms with Gasteiger partial charge in [-0.05, 0) is 153 Å². The Hall–Kier alpha value is -11.2. The number of aromatic nitrogens is 3. The molecule has 112 heavy (non-hydrogen) atoms. The number of hydrogen-bond donors (Lipinski definition) is 3. The average Bonchev–Trinajstić information content (AvgIpc) is 1.56. The number of methoxy groups -OCH3 is 3. The Morgan fingerprint density at radius 2 is 1.38 bits per heavy atom. The van der Waals surface area contributed by atoms with Crippen LogP contribution in [0.5, 0.6) is 28.7 Å². The van der Waals surface area contributed by atoms with Crippen molar-refractivity contribution in [1.29, 1.82) is 0 Å². The fourth-order valence-electron chi connectivity index (χ4n) is 16.8. The zero-order chi connectivity index (χ0) is 78.6. The lowest BCUT2D eigenvalue weighted by molar-refractivity contribution is -0.135. The summed E-state index contributed by atoms with van der Waals surface area (Å²) in [4.78, 5) is 132. The Morgan fingerprint density at radius 1 is 0.688 bits per heavy atom. The van der Waals surface area contributed by atoms with Gasteiger partial charge in [0.05, 0.1) is 82.3 Å². The Bertz CT molecular complexity index is 4810. The maximum absolute atomic E-state index is 14.6. The summed E-state index contributed by atoms with van der Waals surface area (Å²) in [6, 6.07) is 35.2. The van der Waals surface area contributed by atoms with Crippen molar-refractivity contribution in [3.63, 3.8) is 0 Å². The number of amides is 6. The number of aryl methyl sites for hydroxylation is 1. The van der Waals surface area contributed by atoms with Gasteiger partial charge in [0.2, 0.25) is 17.7 Å². The van der Waals surface area contributed by atoms with Gasteiger partial charge in [0.25, 0.3) is 11.8 Å². The molecule has 0 radical (unpaired) electrons. The first kappa shape index (κ1) is 77.5. The summed E-state index contributed by atoms with van der Waals surface area (Å²) in [6.45, 7) is 8.38. The minimum absolute atomic E-state index is 0.00570. The van der Waals surface area contributed by atoms with Gasteiger partial charge in [-0.25, -0.2) is 14.4 Å². The smallest absolute Gasteiger partial charge is 0.416 e. The Morgan fingerprint density at radius 3 is 2.09 bits per heavy atom. The molecule has 1 spiro atoms. The minimum atomic E-state index is -1.48. The summed E-state index contributed by atoms with van der Waals surface area (Å²) in [5.41, 5.74) is 9.59. The number of rotatable bonds is 29. The van der Waals surface area contributed by atoms with Gasteiger partial charge in [-0.3, -0.25) is 38.4 Å². The molecule has 0 bridgehead atoms. The van der Waals surface area contributed by atoms with E-state index in [2.05, 4.69) is 20.9 Å². The predicted octanol–water partition coefficient (Wildman–Crippen LogP) is 12.2. The van der Waals surface area contributed by atoms with E-state index in [1.165, 1.54) is 26.4 Å².